The number of ether oxygens (including phenoxy) is 1. The lowest BCUT2D eigenvalue weighted by Gasteiger charge is -2.36. The largest absolute Gasteiger partial charge is 0.371 e. The van der Waals surface area contributed by atoms with Crippen LogP contribution in [0.25, 0.3) is 0 Å². The van der Waals surface area contributed by atoms with Gasteiger partial charge in [-0.25, -0.2) is 0 Å². The van der Waals surface area contributed by atoms with Crippen molar-refractivity contribution >= 4 is 21.8 Å². The molecule has 0 unspecified atom stereocenters. The second-order valence-corrected chi connectivity index (χ2v) is 5.31. The van der Waals surface area contributed by atoms with Crippen LogP contribution in [0, 0.1) is 0 Å². The summed E-state index contributed by atoms with van der Waals surface area (Å²) in [6, 6.07) is 7.74. The Balaban J connectivity index is 2.12. The van der Waals surface area contributed by atoms with Gasteiger partial charge in [0.1, 0.15) is 0 Å². The fraction of sp³-hybridized carbons (Fsp3) is 0.462. The van der Waals surface area contributed by atoms with Crippen LogP contribution < -0.4 is 5.73 Å². The SMILES string of the molecule is C[C@@H](C(N)=O)N1CCO[C@@H](c2ccccc2Br)C1. The highest BCUT2D eigenvalue weighted by Gasteiger charge is 2.28. The third kappa shape index (κ3) is 2.91. The zero-order valence-corrected chi connectivity index (χ0v) is 11.9. The molecule has 0 radical (unpaired) electrons. The Labute approximate surface area is 115 Å². The van der Waals surface area contributed by atoms with Gasteiger partial charge in [-0.3, -0.25) is 9.69 Å². The second-order valence-electron chi connectivity index (χ2n) is 4.45. The fourth-order valence-electron chi connectivity index (χ4n) is 2.13. The van der Waals surface area contributed by atoms with Crippen molar-refractivity contribution in [2.45, 2.75) is 19.1 Å². The number of benzene rings is 1. The van der Waals surface area contributed by atoms with Crippen molar-refractivity contribution in [1.29, 1.82) is 0 Å². The molecule has 0 aliphatic carbocycles. The zero-order chi connectivity index (χ0) is 13.1. The van der Waals surface area contributed by atoms with Gasteiger partial charge in [-0.15, -0.1) is 0 Å². The van der Waals surface area contributed by atoms with Crippen LogP contribution in [0.5, 0.6) is 0 Å². The van der Waals surface area contributed by atoms with Crippen LogP contribution in [0.2, 0.25) is 0 Å². The Bertz CT molecular complexity index is 439. The summed E-state index contributed by atoms with van der Waals surface area (Å²) in [6.07, 6.45) is -0.0175. The second kappa shape index (κ2) is 5.82. The van der Waals surface area contributed by atoms with Crippen LogP contribution in [0.4, 0.5) is 0 Å². The molecule has 0 saturated carbocycles. The molecule has 1 aromatic carbocycles. The number of carbonyl (C=O) groups is 1. The van der Waals surface area contributed by atoms with Gasteiger partial charge >= 0.3 is 0 Å². The molecule has 1 fully saturated rings. The fourth-order valence-corrected chi connectivity index (χ4v) is 2.67. The number of nitrogens with zero attached hydrogens (tertiary/aromatic N) is 1. The van der Waals surface area contributed by atoms with Crippen LogP contribution in [-0.2, 0) is 9.53 Å². The van der Waals surface area contributed by atoms with Crippen LogP contribution in [0.1, 0.15) is 18.6 Å². The number of nitrogens with two attached hydrogens (primary N) is 1. The molecule has 0 spiro atoms. The van der Waals surface area contributed by atoms with Gasteiger partial charge in [0.05, 0.1) is 18.8 Å². The molecule has 1 amide bonds. The average Bonchev–Trinajstić information content (AvgIpc) is 2.38. The standard InChI is InChI=1S/C13H17BrN2O2/c1-9(13(15)17)16-6-7-18-12(8-16)10-4-2-3-5-11(10)14/h2-5,9,12H,6-8H2,1H3,(H2,15,17)/t9-,12+/m0/s1. The van der Waals surface area contributed by atoms with Crippen molar-refractivity contribution < 1.29 is 9.53 Å². The number of amides is 1. The maximum atomic E-state index is 11.2. The first-order valence-electron chi connectivity index (χ1n) is 5.99. The molecule has 5 heteroatoms. The number of halogens is 1. The summed E-state index contributed by atoms with van der Waals surface area (Å²) in [5.41, 5.74) is 6.46. The number of morpholine rings is 1. The Morgan fingerprint density at radius 3 is 2.94 bits per heavy atom. The number of rotatable bonds is 3. The van der Waals surface area contributed by atoms with Gasteiger partial charge in [0.2, 0.25) is 5.91 Å². The number of primary amides is 1. The van der Waals surface area contributed by atoms with E-state index in [1.54, 1.807) is 0 Å². The average molecular weight is 313 g/mol. The minimum atomic E-state index is -0.289. The zero-order valence-electron chi connectivity index (χ0n) is 10.3. The molecular formula is C13H17BrN2O2. The molecule has 1 saturated heterocycles. The minimum absolute atomic E-state index is 0.0175. The van der Waals surface area contributed by atoms with Gasteiger partial charge in [-0.05, 0) is 18.6 Å². The van der Waals surface area contributed by atoms with Crippen LogP contribution >= 0.6 is 15.9 Å². The molecule has 98 valence electrons. The summed E-state index contributed by atoms with van der Waals surface area (Å²) in [7, 11) is 0. The summed E-state index contributed by atoms with van der Waals surface area (Å²) in [5.74, 6) is -0.289. The van der Waals surface area contributed by atoms with Crippen molar-refractivity contribution in [3.05, 3.63) is 34.3 Å². The molecule has 0 aromatic heterocycles. The molecule has 1 aromatic rings. The van der Waals surface area contributed by atoms with Gasteiger partial charge in [-0.2, -0.15) is 0 Å². The predicted octanol–water partition coefficient (Wildman–Crippen LogP) is 1.70. The van der Waals surface area contributed by atoms with Crippen molar-refractivity contribution in [2.24, 2.45) is 5.73 Å². The predicted molar refractivity (Wildman–Crippen MR) is 73.1 cm³/mol. The first-order chi connectivity index (χ1) is 8.59. The van der Waals surface area contributed by atoms with Crippen LogP contribution in [0.15, 0.2) is 28.7 Å². The first-order valence-corrected chi connectivity index (χ1v) is 6.78. The Hall–Kier alpha value is -0.910. The maximum Gasteiger partial charge on any atom is 0.234 e. The number of hydrogen-bond donors (Lipinski definition) is 1. The summed E-state index contributed by atoms with van der Waals surface area (Å²) in [6.45, 7) is 3.88. The van der Waals surface area contributed by atoms with Crippen molar-refractivity contribution in [3.63, 3.8) is 0 Å². The molecule has 18 heavy (non-hydrogen) atoms. The molecule has 1 heterocycles. The van der Waals surface area contributed by atoms with Gasteiger partial charge in [0.15, 0.2) is 0 Å². The Morgan fingerprint density at radius 2 is 2.28 bits per heavy atom. The topological polar surface area (TPSA) is 55.6 Å². The molecule has 2 N–H and O–H groups in total. The Kier molecular flexibility index (Phi) is 4.37. The van der Waals surface area contributed by atoms with E-state index in [4.69, 9.17) is 10.5 Å². The third-order valence-electron chi connectivity index (χ3n) is 3.31. The maximum absolute atomic E-state index is 11.2. The smallest absolute Gasteiger partial charge is 0.234 e. The van der Waals surface area contributed by atoms with E-state index in [9.17, 15) is 4.79 Å². The molecule has 1 aliphatic heterocycles. The minimum Gasteiger partial charge on any atom is -0.371 e. The van der Waals surface area contributed by atoms with Crippen LogP contribution in [0.3, 0.4) is 0 Å². The summed E-state index contributed by atoms with van der Waals surface area (Å²) >= 11 is 3.53. The molecule has 2 atom stereocenters. The molecule has 1 aliphatic rings. The van der Waals surface area contributed by atoms with Crippen molar-refractivity contribution in [2.75, 3.05) is 19.7 Å². The van der Waals surface area contributed by atoms with Crippen LogP contribution in [-0.4, -0.2) is 36.5 Å². The summed E-state index contributed by atoms with van der Waals surface area (Å²) in [4.78, 5) is 13.3. The molecule has 4 nitrogen and oxygen atoms in total. The van der Waals surface area contributed by atoms with Crippen molar-refractivity contribution in [3.8, 4) is 0 Å². The highest BCUT2D eigenvalue weighted by atomic mass is 79.9. The highest BCUT2D eigenvalue weighted by Crippen LogP contribution is 2.29. The van der Waals surface area contributed by atoms with E-state index in [0.29, 0.717) is 13.2 Å². The molecule has 0 bridgehead atoms. The number of carbonyl (C=O) groups excluding carboxylic acids is 1. The lowest BCUT2D eigenvalue weighted by atomic mass is 10.1. The van der Waals surface area contributed by atoms with E-state index < -0.39 is 0 Å². The van der Waals surface area contributed by atoms with E-state index in [0.717, 1.165) is 16.6 Å². The van der Waals surface area contributed by atoms with E-state index in [1.807, 2.05) is 31.2 Å². The summed E-state index contributed by atoms with van der Waals surface area (Å²) in [5, 5.41) is 0. The van der Waals surface area contributed by atoms with E-state index >= 15 is 0 Å². The van der Waals surface area contributed by atoms with Crippen molar-refractivity contribution in [1.82, 2.24) is 4.90 Å². The number of hydrogen-bond acceptors (Lipinski definition) is 3. The lowest BCUT2D eigenvalue weighted by Crippen LogP contribution is -2.49. The first kappa shape index (κ1) is 13.5. The summed E-state index contributed by atoms with van der Waals surface area (Å²) < 4.78 is 6.81. The molecular weight excluding hydrogens is 296 g/mol. The van der Waals surface area contributed by atoms with Gasteiger partial charge in [0.25, 0.3) is 0 Å². The van der Waals surface area contributed by atoms with E-state index in [2.05, 4.69) is 20.8 Å². The normalized spacial score (nSPS) is 22.7. The highest BCUT2D eigenvalue weighted by molar-refractivity contribution is 9.10. The van der Waals surface area contributed by atoms with E-state index in [-0.39, 0.29) is 18.1 Å². The molecule has 2 rings (SSSR count). The van der Waals surface area contributed by atoms with Gasteiger partial charge in [-0.1, -0.05) is 34.1 Å². The van der Waals surface area contributed by atoms with E-state index in [1.165, 1.54) is 0 Å². The Morgan fingerprint density at radius 1 is 1.56 bits per heavy atom. The quantitative estimate of drug-likeness (QED) is 0.924. The van der Waals surface area contributed by atoms with Gasteiger partial charge in [0, 0.05) is 17.6 Å². The van der Waals surface area contributed by atoms with Gasteiger partial charge < -0.3 is 10.5 Å². The lowest BCUT2D eigenvalue weighted by molar-refractivity contribution is -0.126. The third-order valence-corrected chi connectivity index (χ3v) is 4.03. The monoisotopic (exact) mass is 312 g/mol.